The molecule has 5 heteroatoms. The van der Waals surface area contributed by atoms with Gasteiger partial charge in [-0.1, -0.05) is 19.8 Å². The van der Waals surface area contributed by atoms with E-state index in [4.69, 9.17) is 5.73 Å². The fraction of sp³-hybridized carbons (Fsp3) is 0.600. The zero-order valence-electron chi connectivity index (χ0n) is 12.4. The Morgan fingerprint density at radius 1 is 1.20 bits per heavy atom. The average Bonchev–Trinajstić information content (AvgIpc) is 2.33. The second-order valence-corrected chi connectivity index (χ2v) is 7.75. The van der Waals surface area contributed by atoms with Gasteiger partial charge in [0.1, 0.15) is 4.90 Å². The molecule has 2 rings (SSSR count). The highest BCUT2D eigenvalue weighted by Crippen LogP contribution is 2.27. The fourth-order valence-electron chi connectivity index (χ4n) is 2.87. The molecular weight excluding hydrogens is 272 g/mol. The Bertz CT molecular complexity index is 596. The molecule has 0 spiro atoms. The van der Waals surface area contributed by atoms with Crippen LogP contribution in [0.2, 0.25) is 0 Å². The van der Waals surface area contributed by atoms with E-state index in [1.165, 1.54) is 6.42 Å². The predicted octanol–water partition coefficient (Wildman–Crippen LogP) is 2.74. The average molecular weight is 296 g/mol. The molecule has 2 unspecified atom stereocenters. The minimum atomic E-state index is -3.53. The Labute approximate surface area is 121 Å². The van der Waals surface area contributed by atoms with Crippen LogP contribution in [-0.2, 0) is 10.0 Å². The van der Waals surface area contributed by atoms with E-state index in [9.17, 15) is 8.42 Å². The Kier molecular flexibility index (Phi) is 4.39. The minimum Gasteiger partial charge on any atom is -0.398 e. The largest absolute Gasteiger partial charge is 0.398 e. The van der Waals surface area contributed by atoms with Crippen LogP contribution in [0.4, 0.5) is 5.69 Å². The Morgan fingerprint density at radius 2 is 1.85 bits per heavy atom. The molecule has 1 aromatic rings. The Balaban J connectivity index is 2.24. The first-order valence-electron chi connectivity index (χ1n) is 7.18. The summed E-state index contributed by atoms with van der Waals surface area (Å²) in [6.45, 7) is 6.00. The van der Waals surface area contributed by atoms with Gasteiger partial charge in [0.2, 0.25) is 10.0 Å². The highest BCUT2D eigenvalue weighted by atomic mass is 32.2. The van der Waals surface area contributed by atoms with Crippen molar-refractivity contribution in [2.45, 2.75) is 57.4 Å². The second-order valence-electron chi connectivity index (χ2n) is 6.06. The minimum absolute atomic E-state index is 0.0322. The van der Waals surface area contributed by atoms with Crippen molar-refractivity contribution in [3.05, 3.63) is 23.3 Å². The van der Waals surface area contributed by atoms with Gasteiger partial charge in [0, 0.05) is 6.04 Å². The van der Waals surface area contributed by atoms with Crippen LogP contribution in [0.5, 0.6) is 0 Å². The number of nitrogens with two attached hydrogens (primary N) is 1. The van der Waals surface area contributed by atoms with E-state index in [0.717, 1.165) is 30.4 Å². The maximum Gasteiger partial charge on any atom is 0.242 e. The molecule has 1 fully saturated rings. The van der Waals surface area contributed by atoms with Gasteiger partial charge in [0.25, 0.3) is 0 Å². The number of rotatable bonds is 3. The van der Waals surface area contributed by atoms with Crippen molar-refractivity contribution < 1.29 is 8.42 Å². The summed E-state index contributed by atoms with van der Waals surface area (Å²) in [5.41, 5.74) is 8.16. The molecule has 0 aliphatic heterocycles. The van der Waals surface area contributed by atoms with Crippen molar-refractivity contribution in [1.29, 1.82) is 0 Å². The highest BCUT2D eigenvalue weighted by molar-refractivity contribution is 7.89. The van der Waals surface area contributed by atoms with Gasteiger partial charge in [-0.15, -0.1) is 0 Å². The molecule has 2 atom stereocenters. The summed E-state index contributed by atoms with van der Waals surface area (Å²) in [6.07, 6.45) is 4.08. The van der Waals surface area contributed by atoms with E-state index in [1.807, 2.05) is 13.8 Å². The molecule has 0 radical (unpaired) electrons. The van der Waals surface area contributed by atoms with E-state index in [2.05, 4.69) is 11.6 Å². The molecule has 0 heterocycles. The summed E-state index contributed by atoms with van der Waals surface area (Å²) >= 11 is 0. The zero-order valence-corrected chi connectivity index (χ0v) is 13.3. The lowest BCUT2D eigenvalue weighted by molar-refractivity contribution is 0.327. The standard InChI is InChI=1S/C15H24N2O2S/c1-10-5-4-6-13(7-10)17-20(18,19)15-9-12(3)11(2)8-14(15)16/h8-10,13,17H,4-7,16H2,1-3H3. The first-order chi connectivity index (χ1) is 9.29. The molecule has 1 aliphatic carbocycles. The summed E-state index contributed by atoms with van der Waals surface area (Å²) in [7, 11) is -3.53. The highest BCUT2D eigenvalue weighted by Gasteiger charge is 2.26. The molecule has 20 heavy (non-hydrogen) atoms. The van der Waals surface area contributed by atoms with E-state index >= 15 is 0 Å². The number of aryl methyl sites for hydroxylation is 2. The van der Waals surface area contributed by atoms with Crippen LogP contribution < -0.4 is 10.5 Å². The SMILES string of the molecule is Cc1cc(N)c(S(=O)(=O)NC2CCCC(C)C2)cc1C. The third-order valence-electron chi connectivity index (χ3n) is 4.17. The number of nitrogens with one attached hydrogen (secondary N) is 1. The lowest BCUT2D eigenvalue weighted by atomic mass is 9.88. The lowest BCUT2D eigenvalue weighted by Gasteiger charge is -2.27. The monoisotopic (exact) mass is 296 g/mol. The quantitative estimate of drug-likeness (QED) is 0.842. The van der Waals surface area contributed by atoms with Gasteiger partial charge in [-0.3, -0.25) is 0 Å². The van der Waals surface area contributed by atoms with Crippen molar-refractivity contribution in [1.82, 2.24) is 4.72 Å². The van der Waals surface area contributed by atoms with Gasteiger partial charge in [-0.2, -0.15) is 0 Å². The van der Waals surface area contributed by atoms with Crippen molar-refractivity contribution >= 4 is 15.7 Å². The molecule has 4 nitrogen and oxygen atoms in total. The van der Waals surface area contributed by atoms with Crippen LogP contribution in [0.15, 0.2) is 17.0 Å². The van der Waals surface area contributed by atoms with Crippen LogP contribution >= 0.6 is 0 Å². The van der Waals surface area contributed by atoms with Gasteiger partial charge in [-0.25, -0.2) is 13.1 Å². The maximum absolute atomic E-state index is 12.5. The van der Waals surface area contributed by atoms with E-state index in [1.54, 1.807) is 12.1 Å². The van der Waals surface area contributed by atoms with Gasteiger partial charge in [-0.05, 0) is 55.9 Å². The van der Waals surface area contributed by atoms with Gasteiger partial charge >= 0.3 is 0 Å². The number of anilines is 1. The summed E-state index contributed by atoms with van der Waals surface area (Å²) in [4.78, 5) is 0.207. The van der Waals surface area contributed by atoms with E-state index in [-0.39, 0.29) is 10.9 Å². The fourth-order valence-corrected chi connectivity index (χ4v) is 4.35. The summed E-state index contributed by atoms with van der Waals surface area (Å²) in [6, 6.07) is 3.43. The van der Waals surface area contributed by atoms with Crippen molar-refractivity contribution in [3.63, 3.8) is 0 Å². The van der Waals surface area contributed by atoms with E-state index in [0.29, 0.717) is 11.6 Å². The molecular formula is C15H24N2O2S. The molecule has 0 aromatic heterocycles. The molecule has 1 aliphatic rings. The normalized spacial score (nSPS) is 23.8. The van der Waals surface area contributed by atoms with Crippen LogP contribution in [-0.4, -0.2) is 14.5 Å². The Morgan fingerprint density at radius 3 is 2.50 bits per heavy atom. The topological polar surface area (TPSA) is 72.2 Å². The third-order valence-corrected chi connectivity index (χ3v) is 5.75. The van der Waals surface area contributed by atoms with Crippen molar-refractivity contribution in [2.75, 3.05) is 5.73 Å². The first kappa shape index (κ1) is 15.3. The van der Waals surface area contributed by atoms with Crippen molar-refractivity contribution in [3.8, 4) is 0 Å². The van der Waals surface area contributed by atoms with Crippen LogP contribution in [0, 0.1) is 19.8 Å². The smallest absolute Gasteiger partial charge is 0.242 e. The van der Waals surface area contributed by atoms with Crippen LogP contribution in [0.1, 0.15) is 43.7 Å². The van der Waals surface area contributed by atoms with Crippen LogP contribution in [0.3, 0.4) is 0 Å². The maximum atomic E-state index is 12.5. The molecule has 112 valence electrons. The molecule has 0 amide bonds. The molecule has 3 N–H and O–H groups in total. The molecule has 1 aromatic carbocycles. The third kappa shape index (κ3) is 3.33. The van der Waals surface area contributed by atoms with Gasteiger partial charge in [0.15, 0.2) is 0 Å². The number of hydrogen-bond donors (Lipinski definition) is 2. The zero-order chi connectivity index (χ0) is 14.9. The summed E-state index contributed by atoms with van der Waals surface area (Å²) < 4.78 is 27.8. The molecule has 0 bridgehead atoms. The van der Waals surface area contributed by atoms with E-state index < -0.39 is 10.0 Å². The molecule has 1 saturated carbocycles. The second kappa shape index (κ2) is 5.74. The summed E-state index contributed by atoms with van der Waals surface area (Å²) in [5.74, 6) is 0.577. The van der Waals surface area contributed by atoms with Crippen molar-refractivity contribution in [2.24, 2.45) is 5.92 Å². The molecule has 0 saturated heterocycles. The van der Waals surface area contributed by atoms with Crippen LogP contribution in [0.25, 0.3) is 0 Å². The Hall–Kier alpha value is -1.07. The van der Waals surface area contributed by atoms with Gasteiger partial charge in [0.05, 0.1) is 5.69 Å². The summed E-state index contributed by atoms with van der Waals surface area (Å²) in [5, 5.41) is 0. The van der Waals surface area contributed by atoms with Gasteiger partial charge < -0.3 is 5.73 Å². The number of benzene rings is 1. The number of sulfonamides is 1. The lowest BCUT2D eigenvalue weighted by Crippen LogP contribution is -2.38. The first-order valence-corrected chi connectivity index (χ1v) is 8.67. The number of nitrogen functional groups attached to an aromatic ring is 1. The number of hydrogen-bond acceptors (Lipinski definition) is 3. The predicted molar refractivity (Wildman–Crippen MR) is 82.1 cm³/mol.